The van der Waals surface area contributed by atoms with Gasteiger partial charge in [0.05, 0.1) is 23.6 Å². The molecule has 3 amide bonds. The predicted molar refractivity (Wildman–Crippen MR) is 108 cm³/mol. The molecule has 8 heteroatoms. The minimum Gasteiger partial charge on any atom is -0.464 e. The molecule has 3 aromatic rings. The Kier molecular flexibility index (Phi) is 4.31. The minimum absolute atomic E-state index is 0.248. The first-order valence-corrected chi connectivity index (χ1v) is 9.62. The number of aromatic nitrogens is 1. The van der Waals surface area contributed by atoms with Crippen LogP contribution < -0.4 is 10.6 Å². The highest BCUT2D eigenvalue weighted by atomic mass is 16.3. The fourth-order valence-electron chi connectivity index (χ4n) is 4.04. The molecule has 5 rings (SSSR count). The van der Waals surface area contributed by atoms with Crippen molar-refractivity contribution in [3.8, 4) is 11.3 Å². The second-order valence-electron chi connectivity index (χ2n) is 7.27. The molecule has 0 radical (unpaired) electrons. The van der Waals surface area contributed by atoms with Gasteiger partial charge in [0, 0.05) is 30.1 Å². The smallest absolute Gasteiger partial charge is 0.256 e. The maximum atomic E-state index is 13.3. The molecule has 0 saturated carbocycles. The maximum Gasteiger partial charge on any atom is 0.256 e. The molecule has 0 spiro atoms. The first-order chi connectivity index (χ1) is 14.6. The molecule has 2 aromatic heterocycles. The summed E-state index contributed by atoms with van der Waals surface area (Å²) in [5.41, 5.74) is 2.06. The molecule has 2 N–H and O–H groups in total. The summed E-state index contributed by atoms with van der Waals surface area (Å²) < 4.78 is 5.42. The third-order valence-corrected chi connectivity index (χ3v) is 5.50. The van der Waals surface area contributed by atoms with Crippen molar-refractivity contribution in [2.45, 2.75) is 18.5 Å². The number of amides is 3. The number of hydrogen-bond donors (Lipinski definition) is 2. The fourth-order valence-corrected chi connectivity index (χ4v) is 4.04. The lowest BCUT2D eigenvalue weighted by molar-refractivity contribution is -0.120. The summed E-state index contributed by atoms with van der Waals surface area (Å²) in [6, 6.07) is 10.8. The zero-order chi connectivity index (χ0) is 20.7. The monoisotopic (exact) mass is 402 g/mol. The summed E-state index contributed by atoms with van der Waals surface area (Å²) >= 11 is 0. The Morgan fingerprint density at radius 2 is 2.00 bits per heavy atom. The number of benzene rings is 1. The zero-order valence-electron chi connectivity index (χ0n) is 15.9. The van der Waals surface area contributed by atoms with Crippen LogP contribution in [0.15, 0.2) is 65.5 Å². The van der Waals surface area contributed by atoms with Crippen LogP contribution in [0.5, 0.6) is 0 Å². The maximum absolute atomic E-state index is 13.3. The Balaban J connectivity index is 1.43. The van der Waals surface area contributed by atoms with E-state index in [0.717, 1.165) is 5.56 Å². The number of pyridine rings is 1. The molecule has 1 aromatic carbocycles. The standard InChI is InChI=1S/C22H18N4O4/c27-20(13-5-8-23-9-6-13)25-17-7-10-26-19(17)21(28)24-16-4-3-14(12-15(16)22(26)29)18-2-1-11-30-18/h1-6,8-9,11-12,17,19H,7,10H2,(H,24,28)(H,25,27). The van der Waals surface area contributed by atoms with Gasteiger partial charge in [0.15, 0.2) is 0 Å². The van der Waals surface area contributed by atoms with Crippen molar-refractivity contribution in [3.63, 3.8) is 0 Å². The number of rotatable bonds is 3. The Bertz CT molecular complexity index is 1130. The normalized spacial score (nSPS) is 20.2. The largest absolute Gasteiger partial charge is 0.464 e. The highest BCUT2D eigenvalue weighted by Crippen LogP contribution is 2.32. The fraction of sp³-hybridized carbons (Fsp3) is 0.182. The highest BCUT2D eigenvalue weighted by molar-refractivity contribution is 6.11. The van der Waals surface area contributed by atoms with Gasteiger partial charge in [-0.05, 0) is 48.9 Å². The molecule has 1 saturated heterocycles. The van der Waals surface area contributed by atoms with Crippen molar-refractivity contribution in [3.05, 3.63) is 72.2 Å². The summed E-state index contributed by atoms with van der Waals surface area (Å²) in [6.45, 7) is 0.378. The van der Waals surface area contributed by atoms with Crippen LogP contribution in [0, 0.1) is 0 Å². The molecule has 0 bridgehead atoms. The third-order valence-electron chi connectivity index (χ3n) is 5.50. The molecule has 2 atom stereocenters. The van der Waals surface area contributed by atoms with Crippen molar-refractivity contribution >= 4 is 23.4 Å². The second kappa shape index (κ2) is 7.14. The predicted octanol–water partition coefficient (Wildman–Crippen LogP) is 2.31. The highest BCUT2D eigenvalue weighted by Gasteiger charge is 2.45. The summed E-state index contributed by atoms with van der Waals surface area (Å²) in [4.78, 5) is 44.2. The topological polar surface area (TPSA) is 105 Å². The number of carbonyl (C=O) groups excluding carboxylic acids is 3. The molecular weight excluding hydrogens is 384 g/mol. The Morgan fingerprint density at radius 3 is 2.77 bits per heavy atom. The number of nitrogens with zero attached hydrogens (tertiary/aromatic N) is 2. The van der Waals surface area contributed by atoms with E-state index in [0.29, 0.717) is 35.5 Å². The van der Waals surface area contributed by atoms with Gasteiger partial charge >= 0.3 is 0 Å². The van der Waals surface area contributed by atoms with Crippen LogP contribution in [0.1, 0.15) is 27.1 Å². The molecule has 4 heterocycles. The van der Waals surface area contributed by atoms with E-state index >= 15 is 0 Å². The number of anilines is 1. The molecule has 2 unspecified atom stereocenters. The number of fused-ring (bicyclic) bond motifs is 2. The molecular formula is C22H18N4O4. The number of hydrogen-bond acceptors (Lipinski definition) is 5. The number of nitrogens with one attached hydrogen (secondary N) is 2. The van der Waals surface area contributed by atoms with E-state index < -0.39 is 12.1 Å². The van der Waals surface area contributed by atoms with Gasteiger partial charge in [-0.2, -0.15) is 0 Å². The van der Waals surface area contributed by atoms with Crippen molar-refractivity contribution in [1.82, 2.24) is 15.2 Å². The van der Waals surface area contributed by atoms with E-state index in [1.54, 1.807) is 42.7 Å². The van der Waals surface area contributed by atoms with Crippen molar-refractivity contribution < 1.29 is 18.8 Å². The molecule has 2 aliphatic heterocycles. The lowest BCUT2D eigenvalue weighted by Crippen LogP contribution is -2.51. The molecule has 2 aliphatic rings. The van der Waals surface area contributed by atoms with E-state index in [1.807, 2.05) is 6.07 Å². The molecule has 30 heavy (non-hydrogen) atoms. The van der Waals surface area contributed by atoms with Gasteiger partial charge in [-0.15, -0.1) is 0 Å². The average Bonchev–Trinajstić information content (AvgIpc) is 3.42. The Morgan fingerprint density at radius 1 is 1.17 bits per heavy atom. The zero-order valence-corrected chi connectivity index (χ0v) is 15.9. The quantitative estimate of drug-likeness (QED) is 0.700. The van der Waals surface area contributed by atoms with Crippen LogP contribution in [0.2, 0.25) is 0 Å². The van der Waals surface area contributed by atoms with Crippen LogP contribution in [-0.2, 0) is 4.79 Å². The average molecular weight is 402 g/mol. The van der Waals surface area contributed by atoms with Crippen LogP contribution in [0.4, 0.5) is 5.69 Å². The van der Waals surface area contributed by atoms with Crippen LogP contribution >= 0.6 is 0 Å². The van der Waals surface area contributed by atoms with E-state index in [2.05, 4.69) is 15.6 Å². The molecule has 150 valence electrons. The van der Waals surface area contributed by atoms with E-state index in [-0.39, 0.29) is 17.7 Å². The van der Waals surface area contributed by atoms with Crippen molar-refractivity contribution in [1.29, 1.82) is 0 Å². The van der Waals surface area contributed by atoms with Gasteiger partial charge in [-0.1, -0.05) is 0 Å². The lowest BCUT2D eigenvalue weighted by atomic mass is 10.1. The van der Waals surface area contributed by atoms with Crippen LogP contribution in [0.3, 0.4) is 0 Å². The van der Waals surface area contributed by atoms with Gasteiger partial charge in [0.2, 0.25) is 5.91 Å². The van der Waals surface area contributed by atoms with Crippen molar-refractivity contribution in [2.24, 2.45) is 0 Å². The van der Waals surface area contributed by atoms with Gasteiger partial charge in [-0.25, -0.2) is 0 Å². The number of furan rings is 1. The molecule has 8 nitrogen and oxygen atoms in total. The van der Waals surface area contributed by atoms with Crippen LogP contribution in [-0.4, -0.2) is 46.2 Å². The summed E-state index contributed by atoms with van der Waals surface area (Å²) in [7, 11) is 0. The molecule has 0 aliphatic carbocycles. The number of carbonyl (C=O) groups is 3. The van der Waals surface area contributed by atoms with Gasteiger partial charge in [0.25, 0.3) is 11.8 Å². The first kappa shape index (κ1) is 18.1. The Labute approximate surface area is 171 Å². The first-order valence-electron chi connectivity index (χ1n) is 9.62. The molecule has 1 fully saturated rings. The van der Waals surface area contributed by atoms with Gasteiger partial charge in [-0.3, -0.25) is 19.4 Å². The van der Waals surface area contributed by atoms with Crippen molar-refractivity contribution in [2.75, 3.05) is 11.9 Å². The SMILES string of the molecule is O=C(NC1CCN2C(=O)c3cc(-c4ccco4)ccc3NC(=O)C12)c1ccncc1. The Hall–Kier alpha value is -3.94. The second-order valence-corrected chi connectivity index (χ2v) is 7.27. The third kappa shape index (κ3) is 3.02. The minimum atomic E-state index is -0.775. The summed E-state index contributed by atoms with van der Waals surface area (Å²) in [5.74, 6) is -0.221. The van der Waals surface area contributed by atoms with E-state index in [1.165, 1.54) is 17.3 Å². The van der Waals surface area contributed by atoms with Gasteiger partial charge in [0.1, 0.15) is 11.8 Å². The van der Waals surface area contributed by atoms with E-state index in [9.17, 15) is 14.4 Å². The summed E-state index contributed by atoms with van der Waals surface area (Å²) in [6.07, 6.45) is 5.13. The summed E-state index contributed by atoms with van der Waals surface area (Å²) in [5, 5.41) is 5.74. The van der Waals surface area contributed by atoms with E-state index in [4.69, 9.17) is 4.42 Å². The lowest BCUT2D eigenvalue weighted by Gasteiger charge is -2.25. The van der Waals surface area contributed by atoms with Gasteiger partial charge < -0.3 is 20.0 Å². The van der Waals surface area contributed by atoms with Crippen LogP contribution in [0.25, 0.3) is 11.3 Å².